The third kappa shape index (κ3) is 4.92. The van der Waals surface area contributed by atoms with Crippen LogP contribution in [0.2, 0.25) is 0 Å². The highest BCUT2D eigenvalue weighted by Crippen LogP contribution is 2.18. The molecule has 1 saturated heterocycles. The molecule has 138 valence electrons. The maximum Gasteiger partial charge on any atom is 0.255 e. The van der Waals surface area contributed by atoms with Gasteiger partial charge in [-0.15, -0.1) is 0 Å². The first-order valence-corrected chi connectivity index (χ1v) is 8.57. The minimum absolute atomic E-state index is 0.000551. The minimum Gasteiger partial charge on any atom is -0.472 e. The summed E-state index contributed by atoms with van der Waals surface area (Å²) in [5.74, 6) is -0.338. The highest BCUT2D eigenvalue weighted by Gasteiger charge is 2.36. The summed E-state index contributed by atoms with van der Waals surface area (Å²) >= 11 is 0. The first-order chi connectivity index (χ1) is 11.8. The zero-order valence-corrected chi connectivity index (χ0v) is 15.1. The summed E-state index contributed by atoms with van der Waals surface area (Å²) in [7, 11) is 0. The molecule has 2 amide bonds. The zero-order valence-electron chi connectivity index (χ0n) is 15.1. The van der Waals surface area contributed by atoms with Crippen molar-refractivity contribution in [1.82, 2.24) is 10.6 Å². The van der Waals surface area contributed by atoms with Gasteiger partial charge in [0.1, 0.15) is 25.0 Å². The molecule has 4 atom stereocenters. The number of hydrogen-bond donors (Lipinski definition) is 2. The summed E-state index contributed by atoms with van der Waals surface area (Å²) in [4.78, 5) is 36.8. The van der Waals surface area contributed by atoms with Gasteiger partial charge in [0.05, 0.1) is 17.9 Å². The lowest BCUT2D eigenvalue weighted by molar-refractivity contribution is -0.127. The van der Waals surface area contributed by atoms with Crippen LogP contribution in [0.3, 0.4) is 0 Å². The van der Waals surface area contributed by atoms with Crippen molar-refractivity contribution < 1.29 is 23.5 Å². The lowest BCUT2D eigenvalue weighted by atomic mass is 9.90. The number of hydrogen-bond acceptors (Lipinski definition) is 5. The molecule has 2 heterocycles. The molecule has 2 rings (SSSR count). The van der Waals surface area contributed by atoms with Gasteiger partial charge in [-0.3, -0.25) is 14.4 Å². The van der Waals surface area contributed by atoms with Gasteiger partial charge in [-0.25, -0.2) is 0 Å². The van der Waals surface area contributed by atoms with E-state index in [4.69, 9.17) is 9.15 Å². The summed E-state index contributed by atoms with van der Waals surface area (Å²) < 4.78 is 10.2. The molecule has 0 bridgehead atoms. The van der Waals surface area contributed by atoms with Crippen LogP contribution in [0.15, 0.2) is 23.0 Å². The van der Waals surface area contributed by atoms with Crippen LogP contribution < -0.4 is 10.6 Å². The predicted molar refractivity (Wildman–Crippen MR) is 90.9 cm³/mol. The summed E-state index contributed by atoms with van der Waals surface area (Å²) in [6.45, 7) is 7.90. The predicted octanol–water partition coefficient (Wildman–Crippen LogP) is 1.53. The third-order valence-corrected chi connectivity index (χ3v) is 4.75. The van der Waals surface area contributed by atoms with Gasteiger partial charge in [-0.2, -0.15) is 0 Å². The SMILES string of the molecule is CC(C)C(C)CC(NC(=O)c1ccoc1)C(=O)N[C@@H]1C(=O)CO[C@H]1C. The highest BCUT2D eigenvalue weighted by atomic mass is 16.5. The molecule has 0 radical (unpaired) electrons. The van der Waals surface area contributed by atoms with Crippen LogP contribution >= 0.6 is 0 Å². The Balaban J connectivity index is 2.08. The van der Waals surface area contributed by atoms with Crippen LogP contribution in [0, 0.1) is 11.8 Å². The number of Topliss-reactive ketones (excluding diaryl/α,β-unsaturated/α-hetero) is 1. The molecule has 1 aromatic rings. The van der Waals surface area contributed by atoms with E-state index in [0.717, 1.165) is 0 Å². The second kappa shape index (κ2) is 8.29. The number of carbonyl (C=O) groups excluding carboxylic acids is 3. The summed E-state index contributed by atoms with van der Waals surface area (Å²) in [6.07, 6.45) is 2.83. The van der Waals surface area contributed by atoms with Crippen LogP contribution in [0.25, 0.3) is 0 Å². The molecule has 1 aliphatic heterocycles. The largest absolute Gasteiger partial charge is 0.472 e. The van der Waals surface area contributed by atoms with Crippen LogP contribution in [-0.4, -0.2) is 42.4 Å². The van der Waals surface area contributed by atoms with E-state index in [2.05, 4.69) is 24.5 Å². The number of ketones is 1. The molecular formula is C18H26N2O5. The van der Waals surface area contributed by atoms with Gasteiger partial charge < -0.3 is 19.8 Å². The highest BCUT2D eigenvalue weighted by molar-refractivity contribution is 5.98. The third-order valence-electron chi connectivity index (χ3n) is 4.75. The second-order valence-electron chi connectivity index (χ2n) is 6.96. The molecule has 0 aromatic carbocycles. The summed E-state index contributed by atoms with van der Waals surface area (Å²) in [6, 6.07) is 0.127. The fraction of sp³-hybridized carbons (Fsp3) is 0.611. The number of carbonyl (C=O) groups is 3. The Morgan fingerprint density at radius 3 is 2.56 bits per heavy atom. The van der Waals surface area contributed by atoms with Crippen molar-refractivity contribution in [3.05, 3.63) is 24.2 Å². The smallest absolute Gasteiger partial charge is 0.255 e. The number of furan rings is 1. The molecule has 0 spiro atoms. The Morgan fingerprint density at radius 1 is 1.32 bits per heavy atom. The van der Waals surface area contributed by atoms with Crippen molar-refractivity contribution >= 4 is 17.6 Å². The van der Waals surface area contributed by atoms with E-state index in [0.29, 0.717) is 17.9 Å². The van der Waals surface area contributed by atoms with E-state index < -0.39 is 12.1 Å². The average Bonchev–Trinajstić information content (AvgIpc) is 3.19. The van der Waals surface area contributed by atoms with Crippen LogP contribution in [0.1, 0.15) is 44.5 Å². The van der Waals surface area contributed by atoms with Gasteiger partial charge in [0.2, 0.25) is 5.91 Å². The topological polar surface area (TPSA) is 97.6 Å². The zero-order chi connectivity index (χ0) is 18.6. The number of ether oxygens (including phenoxy) is 1. The minimum atomic E-state index is -0.736. The van der Waals surface area contributed by atoms with E-state index in [1.807, 2.05) is 6.92 Å². The van der Waals surface area contributed by atoms with Crippen molar-refractivity contribution in [2.45, 2.75) is 52.3 Å². The number of rotatable bonds is 7. The quantitative estimate of drug-likeness (QED) is 0.777. The maximum atomic E-state index is 12.7. The van der Waals surface area contributed by atoms with Crippen LogP contribution in [0.5, 0.6) is 0 Å². The monoisotopic (exact) mass is 350 g/mol. The fourth-order valence-electron chi connectivity index (χ4n) is 2.62. The first-order valence-electron chi connectivity index (χ1n) is 8.57. The molecular weight excluding hydrogens is 324 g/mol. The number of nitrogens with one attached hydrogen (secondary N) is 2. The van der Waals surface area contributed by atoms with Gasteiger partial charge in [0.25, 0.3) is 5.91 Å². The van der Waals surface area contributed by atoms with Crippen molar-refractivity contribution in [3.8, 4) is 0 Å². The Bertz CT molecular complexity index is 611. The van der Waals surface area contributed by atoms with E-state index >= 15 is 0 Å². The summed E-state index contributed by atoms with van der Waals surface area (Å²) in [5.41, 5.74) is 0.351. The molecule has 2 N–H and O–H groups in total. The van der Waals surface area contributed by atoms with E-state index in [1.54, 1.807) is 6.92 Å². The van der Waals surface area contributed by atoms with Crippen LogP contribution in [0.4, 0.5) is 0 Å². The normalized spacial score (nSPS) is 22.7. The van der Waals surface area contributed by atoms with Crippen LogP contribution in [-0.2, 0) is 14.3 Å². The summed E-state index contributed by atoms with van der Waals surface area (Å²) in [5, 5.41) is 5.47. The Labute approximate surface area is 147 Å². The molecule has 1 aromatic heterocycles. The number of amides is 2. The molecule has 25 heavy (non-hydrogen) atoms. The van der Waals surface area contributed by atoms with Gasteiger partial charge in [0.15, 0.2) is 5.78 Å². The average molecular weight is 350 g/mol. The van der Waals surface area contributed by atoms with Gasteiger partial charge in [0, 0.05) is 0 Å². The Hall–Kier alpha value is -2.15. The lowest BCUT2D eigenvalue weighted by Crippen LogP contribution is -2.53. The molecule has 2 unspecified atom stereocenters. The molecule has 1 aliphatic rings. The molecule has 7 nitrogen and oxygen atoms in total. The first kappa shape index (κ1) is 19.2. The van der Waals surface area contributed by atoms with E-state index in [1.165, 1.54) is 18.6 Å². The van der Waals surface area contributed by atoms with Crippen molar-refractivity contribution in [2.75, 3.05) is 6.61 Å². The fourth-order valence-corrected chi connectivity index (χ4v) is 2.62. The molecule has 7 heteroatoms. The van der Waals surface area contributed by atoms with Crippen molar-refractivity contribution in [2.24, 2.45) is 11.8 Å². The van der Waals surface area contributed by atoms with Gasteiger partial charge >= 0.3 is 0 Å². The maximum absolute atomic E-state index is 12.7. The second-order valence-corrected chi connectivity index (χ2v) is 6.96. The standard InChI is InChI=1S/C18H26N2O5/c1-10(2)11(3)7-14(19-17(22)13-5-6-24-8-13)18(23)20-16-12(4)25-9-15(16)21/h5-6,8,10-12,14,16H,7,9H2,1-4H3,(H,19,22)(H,20,23)/t11?,12-,14?,16-/m0/s1. The lowest BCUT2D eigenvalue weighted by Gasteiger charge is -2.25. The van der Waals surface area contributed by atoms with Gasteiger partial charge in [-0.05, 0) is 31.2 Å². The van der Waals surface area contributed by atoms with Gasteiger partial charge in [-0.1, -0.05) is 20.8 Å². The van der Waals surface area contributed by atoms with E-state index in [-0.39, 0.29) is 36.2 Å². The Kier molecular flexibility index (Phi) is 6.36. The van der Waals surface area contributed by atoms with Crippen molar-refractivity contribution in [1.29, 1.82) is 0 Å². The molecule has 0 aliphatic carbocycles. The molecule has 0 saturated carbocycles. The van der Waals surface area contributed by atoms with Crippen molar-refractivity contribution in [3.63, 3.8) is 0 Å². The Morgan fingerprint density at radius 2 is 2.04 bits per heavy atom. The molecule has 1 fully saturated rings. The van der Waals surface area contributed by atoms with E-state index in [9.17, 15) is 14.4 Å².